The molecule has 1 amide bonds. The number of anilines is 1. The van der Waals surface area contributed by atoms with E-state index in [2.05, 4.69) is 17.4 Å². The Morgan fingerprint density at radius 1 is 0.963 bits per heavy atom. The second-order valence-electron chi connectivity index (χ2n) is 7.17. The van der Waals surface area contributed by atoms with E-state index in [1.807, 2.05) is 24.3 Å². The second kappa shape index (κ2) is 5.63. The molecule has 2 aliphatic rings. The molecule has 0 saturated heterocycles. The summed E-state index contributed by atoms with van der Waals surface area (Å²) in [6.45, 7) is 0. The smallest absolute Gasteiger partial charge is 0.261 e. The lowest BCUT2D eigenvalue weighted by atomic mass is 9.87. The van der Waals surface area contributed by atoms with Crippen LogP contribution in [-0.2, 0) is 16.8 Å². The molecule has 3 aromatic rings. The first-order valence-corrected chi connectivity index (χ1v) is 8.94. The normalized spacial score (nSPS) is 19.2. The zero-order valence-corrected chi connectivity index (χ0v) is 14.5. The highest BCUT2D eigenvalue weighted by Gasteiger charge is 2.46. The maximum Gasteiger partial charge on any atom is 0.261 e. The highest BCUT2D eigenvalue weighted by atomic mass is 16.3. The molecule has 5 rings (SSSR count). The number of fused-ring (bicyclic) bond motifs is 4. The van der Waals surface area contributed by atoms with E-state index in [-0.39, 0.29) is 12.2 Å². The van der Waals surface area contributed by atoms with Crippen LogP contribution >= 0.6 is 0 Å². The maximum absolute atomic E-state index is 12.9. The van der Waals surface area contributed by atoms with E-state index < -0.39 is 11.5 Å². The molecule has 4 heteroatoms. The number of hydrogen-bond acceptors (Lipinski definition) is 3. The summed E-state index contributed by atoms with van der Waals surface area (Å²) < 4.78 is 0. The van der Waals surface area contributed by atoms with E-state index in [1.165, 1.54) is 11.1 Å². The number of hydrogen-bond donors (Lipinski definition) is 2. The number of rotatable bonds is 3. The number of para-hydroxylation sites is 1. The first-order chi connectivity index (χ1) is 13.1. The number of Topliss-reactive ketones (excluding diaryl/α,β-unsaturated/α-hetero) is 1. The third-order valence-corrected chi connectivity index (χ3v) is 5.53. The van der Waals surface area contributed by atoms with Crippen LogP contribution in [0, 0.1) is 0 Å². The summed E-state index contributed by atoms with van der Waals surface area (Å²) in [6.07, 6.45) is 0.516. The number of ketones is 1. The molecular formula is C23H17NO3. The topological polar surface area (TPSA) is 66.4 Å². The molecule has 0 spiro atoms. The van der Waals surface area contributed by atoms with Crippen molar-refractivity contribution in [3.05, 3.63) is 89.0 Å². The van der Waals surface area contributed by atoms with Gasteiger partial charge in [0.05, 0.1) is 6.42 Å². The lowest BCUT2D eigenvalue weighted by Gasteiger charge is -2.20. The van der Waals surface area contributed by atoms with Crippen LogP contribution < -0.4 is 5.32 Å². The van der Waals surface area contributed by atoms with Crippen LogP contribution in [0.1, 0.15) is 33.5 Å². The summed E-state index contributed by atoms with van der Waals surface area (Å²) in [5.41, 5.74) is 4.41. The molecule has 27 heavy (non-hydrogen) atoms. The van der Waals surface area contributed by atoms with E-state index in [9.17, 15) is 14.7 Å². The summed E-state index contributed by atoms with van der Waals surface area (Å²) in [7, 11) is 0. The third-order valence-electron chi connectivity index (χ3n) is 5.53. The quantitative estimate of drug-likeness (QED) is 0.551. The summed E-state index contributed by atoms with van der Waals surface area (Å²) >= 11 is 0. The summed E-state index contributed by atoms with van der Waals surface area (Å²) in [5.74, 6) is -0.797. The van der Waals surface area contributed by atoms with Crippen molar-refractivity contribution in [1.29, 1.82) is 0 Å². The average Bonchev–Trinajstić information content (AvgIpc) is 3.17. The van der Waals surface area contributed by atoms with Crippen LogP contribution in [0.3, 0.4) is 0 Å². The molecule has 0 bridgehead atoms. The first kappa shape index (κ1) is 16.0. The van der Waals surface area contributed by atoms with E-state index in [0.717, 1.165) is 17.5 Å². The number of carbonyl (C=O) groups excluding carboxylic acids is 2. The van der Waals surface area contributed by atoms with Crippen LogP contribution in [0.15, 0.2) is 66.7 Å². The molecule has 132 valence electrons. The van der Waals surface area contributed by atoms with Gasteiger partial charge in [0.1, 0.15) is 0 Å². The van der Waals surface area contributed by atoms with Gasteiger partial charge < -0.3 is 10.4 Å². The summed E-state index contributed by atoms with van der Waals surface area (Å²) in [5, 5.41) is 13.6. The molecule has 0 saturated carbocycles. The SMILES string of the molecule is O=C(CC1(O)C(=O)Nc2ccccc21)c1ccc2c(c1)Cc1ccccc1-2. The Morgan fingerprint density at radius 3 is 2.59 bits per heavy atom. The molecular weight excluding hydrogens is 338 g/mol. The Kier molecular flexibility index (Phi) is 3.33. The van der Waals surface area contributed by atoms with Crippen molar-refractivity contribution in [2.75, 3.05) is 5.32 Å². The third kappa shape index (κ3) is 2.34. The number of nitrogens with one attached hydrogen (secondary N) is 1. The average molecular weight is 355 g/mol. The molecule has 0 aromatic heterocycles. The maximum atomic E-state index is 12.9. The van der Waals surface area contributed by atoms with Gasteiger partial charge in [-0.3, -0.25) is 9.59 Å². The Morgan fingerprint density at radius 2 is 1.70 bits per heavy atom. The lowest BCUT2D eigenvalue weighted by molar-refractivity contribution is -0.133. The molecule has 1 unspecified atom stereocenters. The molecule has 0 fully saturated rings. The van der Waals surface area contributed by atoms with Gasteiger partial charge in [-0.1, -0.05) is 54.6 Å². The molecule has 3 aromatic carbocycles. The minimum atomic E-state index is -1.82. The molecule has 4 nitrogen and oxygen atoms in total. The fourth-order valence-electron chi connectivity index (χ4n) is 4.13. The van der Waals surface area contributed by atoms with Gasteiger partial charge in [-0.05, 0) is 40.8 Å². The Hall–Kier alpha value is -3.24. The van der Waals surface area contributed by atoms with Crippen LogP contribution in [0.4, 0.5) is 5.69 Å². The first-order valence-electron chi connectivity index (χ1n) is 8.94. The molecule has 1 heterocycles. The van der Waals surface area contributed by atoms with Crippen molar-refractivity contribution in [2.24, 2.45) is 0 Å². The van der Waals surface area contributed by atoms with E-state index in [1.54, 1.807) is 30.3 Å². The molecule has 1 aliphatic heterocycles. The predicted octanol–water partition coefficient (Wildman–Crippen LogP) is 3.67. The van der Waals surface area contributed by atoms with Crippen molar-refractivity contribution in [2.45, 2.75) is 18.4 Å². The van der Waals surface area contributed by atoms with Crippen LogP contribution in [0.2, 0.25) is 0 Å². The van der Waals surface area contributed by atoms with Crippen molar-refractivity contribution < 1.29 is 14.7 Å². The van der Waals surface area contributed by atoms with Gasteiger partial charge in [-0.25, -0.2) is 0 Å². The Bertz CT molecular complexity index is 1120. The van der Waals surface area contributed by atoms with E-state index in [4.69, 9.17) is 0 Å². The zero-order chi connectivity index (χ0) is 18.6. The Balaban J connectivity index is 1.46. The number of benzene rings is 3. The zero-order valence-electron chi connectivity index (χ0n) is 14.5. The second-order valence-corrected chi connectivity index (χ2v) is 7.17. The summed E-state index contributed by atoms with van der Waals surface area (Å²) in [4.78, 5) is 25.2. The number of aliphatic hydroxyl groups is 1. The van der Waals surface area contributed by atoms with Crippen LogP contribution in [-0.4, -0.2) is 16.8 Å². The van der Waals surface area contributed by atoms with Gasteiger partial charge in [0.25, 0.3) is 5.91 Å². The standard InChI is InChI=1S/C23H17NO3/c25-21(13-23(27)19-7-3-4-8-20(19)24-22(23)26)15-9-10-18-16(12-15)11-14-5-1-2-6-17(14)18/h1-10,12,27H,11,13H2,(H,24,26). The number of amides is 1. The lowest BCUT2D eigenvalue weighted by Crippen LogP contribution is -2.36. The van der Waals surface area contributed by atoms with Gasteiger partial charge in [0.15, 0.2) is 11.4 Å². The molecule has 2 N–H and O–H groups in total. The fourth-order valence-corrected chi connectivity index (χ4v) is 4.13. The minimum absolute atomic E-state index is 0.247. The largest absolute Gasteiger partial charge is 0.375 e. The van der Waals surface area contributed by atoms with Crippen LogP contribution in [0.25, 0.3) is 11.1 Å². The highest BCUT2D eigenvalue weighted by molar-refractivity contribution is 6.09. The van der Waals surface area contributed by atoms with E-state index in [0.29, 0.717) is 16.8 Å². The summed E-state index contributed by atoms with van der Waals surface area (Å²) in [6, 6.07) is 20.8. The monoisotopic (exact) mass is 355 g/mol. The number of carbonyl (C=O) groups is 2. The van der Waals surface area contributed by atoms with Gasteiger partial charge >= 0.3 is 0 Å². The van der Waals surface area contributed by atoms with Gasteiger partial charge in [0.2, 0.25) is 0 Å². The van der Waals surface area contributed by atoms with Crippen molar-refractivity contribution in [1.82, 2.24) is 0 Å². The van der Waals surface area contributed by atoms with Crippen molar-refractivity contribution >= 4 is 17.4 Å². The predicted molar refractivity (Wildman–Crippen MR) is 103 cm³/mol. The highest BCUT2D eigenvalue weighted by Crippen LogP contribution is 2.40. The van der Waals surface area contributed by atoms with Crippen molar-refractivity contribution in [3.8, 4) is 11.1 Å². The van der Waals surface area contributed by atoms with Gasteiger partial charge in [0, 0.05) is 16.8 Å². The minimum Gasteiger partial charge on any atom is -0.375 e. The van der Waals surface area contributed by atoms with E-state index >= 15 is 0 Å². The Labute approximate surface area is 156 Å². The van der Waals surface area contributed by atoms with Gasteiger partial charge in [-0.2, -0.15) is 0 Å². The molecule has 1 aliphatic carbocycles. The fraction of sp³-hybridized carbons (Fsp3) is 0.130. The molecule has 0 radical (unpaired) electrons. The van der Waals surface area contributed by atoms with Crippen LogP contribution in [0.5, 0.6) is 0 Å². The molecule has 1 atom stereocenters. The van der Waals surface area contributed by atoms with Crippen molar-refractivity contribution in [3.63, 3.8) is 0 Å². The van der Waals surface area contributed by atoms with Gasteiger partial charge in [-0.15, -0.1) is 0 Å².